The molecule has 0 fully saturated rings. The van der Waals surface area contributed by atoms with Gasteiger partial charge < -0.3 is 5.32 Å². The second-order valence-corrected chi connectivity index (χ2v) is 4.31. The summed E-state index contributed by atoms with van der Waals surface area (Å²) < 4.78 is 0. The Bertz CT molecular complexity index is 605. The largest absolute Gasteiger partial charge is 0.334 e. The van der Waals surface area contributed by atoms with Gasteiger partial charge in [0.1, 0.15) is 0 Å². The van der Waals surface area contributed by atoms with Crippen molar-refractivity contribution in [2.75, 3.05) is 11.4 Å². The summed E-state index contributed by atoms with van der Waals surface area (Å²) in [6.07, 6.45) is 2.03. The SMILES string of the molecule is O=C1NCC=C(c2ccccc2)N1c1ccccc1. The minimum Gasteiger partial charge on any atom is -0.334 e. The van der Waals surface area contributed by atoms with Crippen molar-refractivity contribution in [2.24, 2.45) is 0 Å². The number of para-hydroxylation sites is 1. The third-order valence-electron chi connectivity index (χ3n) is 3.08. The molecule has 1 heterocycles. The van der Waals surface area contributed by atoms with Crippen LogP contribution in [-0.4, -0.2) is 12.6 Å². The third-order valence-corrected chi connectivity index (χ3v) is 3.08. The van der Waals surface area contributed by atoms with E-state index in [0.29, 0.717) is 6.54 Å². The highest BCUT2D eigenvalue weighted by molar-refractivity contribution is 6.06. The fourth-order valence-corrected chi connectivity index (χ4v) is 2.20. The molecule has 0 saturated heterocycles. The van der Waals surface area contributed by atoms with Crippen LogP contribution in [-0.2, 0) is 0 Å². The Labute approximate surface area is 112 Å². The van der Waals surface area contributed by atoms with E-state index < -0.39 is 0 Å². The molecule has 0 atom stereocenters. The maximum atomic E-state index is 12.2. The summed E-state index contributed by atoms with van der Waals surface area (Å²) in [7, 11) is 0. The molecule has 0 spiro atoms. The molecule has 1 aliphatic rings. The van der Waals surface area contributed by atoms with Gasteiger partial charge in [-0.3, -0.25) is 4.90 Å². The zero-order chi connectivity index (χ0) is 13.1. The van der Waals surface area contributed by atoms with Gasteiger partial charge in [0, 0.05) is 6.54 Å². The van der Waals surface area contributed by atoms with Gasteiger partial charge in [0.25, 0.3) is 0 Å². The van der Waals surface area contributed by atoms with Gasteiger partial charge in [-0.15, -0.1) is 0 Å². The summed E-state index contributed by atoms with van der Waals surface area (Å²) in [4.78, 5) is 13.9. The van der Waals surface area contributed by atoms with E-state index >= 15 is 0 Å². The van der Waals surface area contributed by atoms with Crippen molar-refractivity contribution < 1.29 is 4.79 Å². The lowest BCUT2D eigenvalue weighted by Gasteiger charge is -2.29. The van der Waals surface area contributed by atoms with Crippen LogP contribution < -0.4 is 10.2 Å². The smallest absolute Gasteiger partial charge is 0.326 e. The van der Waals surface area contributed by atoms with Crippen molar-refractivity contribution >= 4 is 17.4 Å². The number of rotatable bonds is 2. The molecule has 0 aliphatic carbocycles. The van der Waals surface area contributed by atoms with Crippen molar-refractivity contribution in [1.29, 1.82) is 0 Å². The van der Waals surface area contributed by atoms with Crippen LogP contribution in [0.2, 0.25) is 0 Å². The molecule has 0 aromatic heterocycles. The van der Waals surface area contributed by atoms with Gasteiger partial charge in [0.2, 0.25) is 0 Å². The summed E-state index contributed by atoms with van der Waals surface area (Å²) >= 11 is 0. The minimum absolute atomic E-state index is 0.0902. The van der Waals surface area contributed by atoms with E-state index in [0.717, 1.165) is 16.9 Å². The second kappa shape index (κ2) is 4.98. The van der Waals surface area contributed by atoms with Crippen LogP contribution >= 0.6 is 0 Å². The summed E-state index contributed by atoms with van der Waals surface area (Å²) in [5, 5.41) is 2.84. The first-order valence-electron chi connectivity index (χ1n) is 6.25. The summed E-state index contributed by atoms with van der Waals surface area (Å²) in [5.41, 5.74) is 2.84. The fourth-order valence-electron chi connectivity index (χ4n) is 2.20. The van der Waals surface area contributed by atoms with E-state index in [9.17, 15) is 4.79 Å². The Balaban J connectivity index is 2.06. The molecule has 3 heteroatoms. The average molecular weight is 250 g/mol. The first kappa shape index (κ1) is 11.5. The van der Waals surface area contributed by atoms with Crippen molar-refractivity contribution in [3.05, 3.63) is 72.3 Å². The third kappa shape index (κ3) is 2.22. The Morgan fingerprint density at radius 2 is 1.53 bits per heavy atom. The molecular formula is C16H14N2O. The van der Waals surface area contributed by atoms with Gasteiger partial charge in [-0.2, -0.15) is 0 Å². The van der Waals surface area contributed by atoms with Crippen molar-refractivity contribution in [2.45, 2.75) is 0 Å². The van der Waals surface area contributed by atoms with Gasteiger partial charge in [0.05, 0.1) is 11.4 Å². The van der Waals surface area contributed by atoms with Crippen LogP contribution in [0.1, 0.15) is 5.56 Å². The molecule has 0 bridgehead atoms. The number of carbonyl (C=O) groups is 1. The van der Waals surface area contributed by atoms with Gasteiger partial charge in [0.15, 0.2) is 0 Å². The predicted molar refractivity (Wildman–Crippen MR) is 76.7 cm³/mol. The maximum absolute atomic E-state index is 12.2. The summed E-state index contributed by atoms with van der Waals surface area (Å²) in [6.45, 7) is 0.562. The van der Waals surface area contributed by atoms with E-state index in [4.69, 9.17) is 0 Å². The molecule has 0 saturated carbocycles. The van der Waals surface area contributed by atoms with Crippen LogP contribution in [0.4, 0.5) is 10.5 Å². The number of anilines is 1. The monoisotopic (exact) mass is 250 g/mol. The lowest BCUT2D eigenvalue weighted by atomic mass is 10.1. The minimum atomic E-state index is -0.0902. The molecule has 1 aliphatic heterocycles. The number of urea groups is 1. The van der Waals surface area contributed by atoms with E-state index in [1.54, 1.807) is 4.90 Å². The van der Waals surface area contributed by atoms with Crippen molar-refractivity contribution in [1.82, 2.24) is 5.32 Å². The molecule has 0 radical (unpaired) electrons. The number of benzene rings is 2. The fraction of sp³-hybridized carbons (Fsp3) is 0.0625. The Kier molecular flexibility index (Phi) is 3.02. The van der Waals surface area contributed by atoms with Gasteiger partial charge in [-0.1, -0.05) is 48.5 Å². The number of amides is 2. The molecule has 2 amide bonds. The van der Waals surface area contributed by atoms with Crippen molar-refractivity contribution in [3.63, 3.8) is 0 Å². The summed E-state index contributed by atoms with van der Waals surface area (Å²) in [6, 6.07) is 19.5. The number of nitrogens with one attached hydrogen (secondary N) is 1. The number of hydrogen-bond acceptors (Lipinski definition) is 1. The van der Waals surface area contributed by atoms with E-state index in [2.05, 4.69) is 5.32 Å². The molecule has 19 heavy (non-hydrogen) atoms. The van der Waals surface area contributed by atoms with Gasteiger partial charge >= 0.3 is 6.03 Å². The Hall–Kier alpha value is -2.55. The zero-order valence-electron chi connectivity index (χ0n) is 10.4. The number of hydrogen-bond donors (Lipinski definition) is 1. The first-order chi connectivity index (χ1) is 9.36. The summed E-state index contributed by atoms with van der Waals surface area (Å²) in [5.74, 6) is 0. The van der Waals surface area contributed by atoms with E-state index in [-0.39, 0.29) is 6.03 Å². The topological polar surface area (TPSA) is 32.3 Å². The van der Waals surface area contributed by atoms with Gasteiger partial charge in [-0.05, 0) is 23.8 Å². The van der Waals surface area contributed by atoms with Crippen LogP contribution in [0.15, 0.2) is 66.7 Å². The van der Waals surface area contributed by atoms with E-state index in [1.807, 2.05) is 66.7 Å². The van der Waals surface area contributed by atoms with Crippen LogP contribution in [0.25, 0.3) is 5.70 Å². The van der Waals surface area contributed by atoms with Crippen LogP contribution in [0.5, 0.6) is 0 Å². The molecular weight excluding hydrogens is 236 g/mol. The quantitative estimate of drug-likeness (QED) is 0.871. The molecule has 2 aromatic carbocycles. The lowest BCUT2D eigenvalue weighted by Crippen LogP contribution is -2.42. The number of carbonyl (C=O) groups excluding carboxylic acids is 1. The van der Waals surface area contributed by atoms with Crippen LogP contribution in [0.3, 0.4) is 0 Å². The highest BCUT2D eigenvalue weighted by Gasteiger charge is 2.23. The normalized spacial score (nSPS) is 14.8. The highest BCUT2D eigenvalue weighted by Crippen LogP contribution is 2.27. The predicted octanol–water partition coefficient (Wildman–Crippen LogP) is 3.26. The Morgan fingerprint density at radius 3 is 2.21 bits per heavy atom. The first-order valence-corrected chi connectivity index (χ1v) is 6.25. The molecule has 3 nitrogen and oxygen atoms in total. The van der Waals surface area contributed by atoms with Gasteiger partial charge in [-0.25, -0.2) is 4.79 Å². The van der Waals surface area contributed by atoms with E-state index in [1.165, 1.54) is 0 Å². The highest BCUT2D eigenvalue weighted by atomic mass is 16.2. The maximum Gasteiger partial charge on any atom is 0.326 e. The molecule has 1 N–H and O–H groups in total. The lowest BCUT2D eigenvalue weighted by molar-refractivity contribution is 0.249. The second-order valence-electron chi connectivity index (χ2n) is 4.31. The average Bonchev–Trinajstić information content (AvgIpc) is 2.49. The molecule has 94 valence electrons. The molecule has 0 unspecified atom stereocenters. The standard InChI is InChI=1S/C16H14N2O/c19-16-17-12-11-15(13-7-3-1-4-8-13)18(16)14-9-5-2-6-10-14/h1-11H,12H2,(H,17,19). The Morgan fingerprint density at radius 1 is 0.895 bits per heavy atom. The van der Waals surface area contributed by atoms with Crippen molar-refractivity contribution in [3.8, 4) is 0 Å². The number of nitrogens with zero attached hydrogens (tertiary/aromatic N) is 1. The molecule has 2 aromatic rings. The zero-order valence-corrected chi connectivity index (χ0v) is 10.4. The van der Waals surface area contributed by atoms with Crippen LogP contribution in [0, 0.1) is 0 Å². The molecule has 3 rings (SSSR count).